The molecule has 1 aromatic carbocycles. The molecular formula is C19H20ClN3O3S. The second kappa shape index (κ2) is 7.47. The van der Waals surface area contributed by atoms with Crippen LogP contribution in [0.3, 0.4) is 0 Å². The van der Waals surface area contributed by atoms with E-state index in [1.54, 1.807) is 24.3 Å². The van der Waals surface area contributed by atoms with Gasteiger partial charge in [-0.1, -0.05) is 23.7 Å². The Morgan fingerprint density at radius 3 is 2.33 bits per heavy atom. The lowest BCUT2D eigenvalue weighted by atomic mass is 10.1. The summed E-state index contributed by atoms with van der Waals surface area (Å²) < 4.78 is 30.4. The summed E-state index contributed by atoms with van der Waals surface area (Å²) in [4.78, 5) is 6.63. The summed E-state index contributed by atoms with van der Waals surface area (Å²) >= 11 is 5.96. The smallest absolute Gasteiger partial charge is 0.177 e. The Bertz CT molecular complexity index is 990. The number of benzene rings is 1. The summed E-state index contributed by atoms with van der Waals surface area (Å²) in [5.74, 6) is 0.469. The quantitative estimate of drug-likeness (QED) is 0.779. The zero-order valence-corrected chi connectivity index (χ0v) is 16.9. The number of morpholine rings is 1. The van der Waals surface area contributed by atoms with E-state index < -0.39 is 9.84 Å². The fraction of sp³-hybridized carbons (Fsp3) is 0.368. The van der Waals surface area contributed by atoms with E-state index in [9.17, 15) is 13.7 Å². The summed E-state index contributed by atoms with van der Waals surface area (Å²) in [6.07, 6.45) is 1.08. The zero-order chi connectivity index (χ0) is 19.8. The van der Waals surface area contributed by atoms with Gasteiger partial charge in [-0.25, -0.2) is 13.4 Å². The van der Waals surface area contributed by atoms with Crippen molar-refractivity contribution in [2.45, 2.75) is 31.0 Å². The van der Waals surface area contributed by atoms with Crippen molar-refractivity contribution in [2.75, 3.05) is 24.2 Å². The Labute approximate surface area is 164 Å². The van der Waals surface area contributed by atoms with Crippen molar-refractivity contribution in [2.24, 2.45) is 0 Å². The minimum absolute atomic E-state index is 0.0179. The average Bonchev–Trinajstić information content (AvgIpc) is 2.59. The second-order valence-corrected chi connectivity index (χ2v) is 9.18. The van der Waals surface area contributed by atoms with Crippen LogP contribution in [0, 0.1) is 11.3 Å². The van der Waals surface area contributed by atoms with Crippen molar-refractivity contribution in [3.63, 3.8) is 0 Å². The van der Waals surface area contributed by atoms with E-state index in [1.807, 2.05) is 18.7 Å². The van der Waals surface area contributed by atoms with Gasteiger partial charge in [0.1, 0.15) is 11.9 Å². The molecule has 2 heterocycles. The van der Waals surface area contributed by atoms with Crippen LogP contribution in [-0.2, 0) is 14.6 Å². The van der Waals surface area contributed by atoms with Gasteiger partial charge in [0.15, 0.2) is 9.84 Å². The first kappa shape index (κ1) is 19.6. The van der Waals surface area contributed by atoms with Crippen LogP contribution in [0.2, 0.25) is 5.02 Å². The molecule has 1 fully saturated rings. The summed E-state index contributed by atoms with van der Waals surface area (Å²) in [5, 5.41) is 10.2. The van der Waals surface area contributed by atoms with E-state index >= 15 is 0 Å². The molecule has 0 radical (unpaired) electrons. The third kappa shape index (κ3) is 4.24. The first-order valence-corrected chi connectivity index (χ1v) is 10.8. The highest BCUT2D eigenvalue weighted by atomic mass is 35.5. The van der Waals surface area contributed by atoms with Gasteiger partial charge in [0.2, 0.25) is 0 Å². The number of anilines is 1. The van der Waals surface area contributed by atoms with Crippen LogP contribution in [0.5, 0.6) is 0 Å². The highest BCUT2D eigenvalue weighted by Crippen LogP contribution is 2.32. The molecule has 142 valence electrons. The molecule has 2 unspecified atom stereocenters. The van der Waals surface area contributed by atoms with E-state index in [2.05, 4.69) is 11.1 Å². The number of hydrogen-bond acceptors (Lipinski definition) is 6. The van der Waals surface area contributed by atoms with Crippen LogP contribution >= 0.6 is 11.6 Å². The lowest BCUT2D eigenvalue weighted by Gasteiger charge is -2.36. The fourth-order valence-corrected chi connectivity index (χ4v) is 4.23. The molecule has 1 aliphatic rings. The second-order valence-electron chi connectivity index (χ2n) is 6.76. The van der Waals surface area contributed by atoms with Gasteiger partial charge in [0.05, 0.1) is 28.4 Å². The molecule has 1 aromatic heterocycles. The van der Waals surface area contributed by atoms with E-state index in [0.717, 1.165) is 6.26 Å². The van der Waals surface area contributed by atoms with Crippen molar-refractivity contribution in [3.8, 4) is 17.3 Å². The molecule has 0 amide bonds. The molecule has 27 heavy (non-hydrogen) atoms. The first-order valence-electron chi connectivity index (χ1n) is 8.50. The van der Waals surface area contributed by atoms with Crippen LogP contribution < -0.4 is 4.90 Å². The lowest BCUT2D eigenvalue weighted by molar-refractivity contribution is -0.00547. The molecule has 0 aliphatic carbocycles. The molecule has 0 spiro atoms. The van der Waals surface area contributed by atoms with Crippen LogP contribution in [0.4, 0.5) is 5.82 Å². The lowest BCUT2D eigenvalue weighted by Crippen LogP contribution is -2.46. The molecule has 0 bridgehead atoms. The molecule has 3 rings (SSSR count). The van der Waals surface area contributed by atoms with Crippen LogP contribution in [0.15, 0.2) is 35.2 Å². The summed E-state index contributed by atoms with van der Waals surface area (Å²) in [6, 6.07) is 10.3. The maximum atomic E-state index is 12.3. The average molecular weight is 406 g/mol. The number of nitriles is 1. The monoisotopic (exact) mass is 405 g/mol. The Balaban J connectivity index is 2.22. The van der Waals surface area contributed by atoms with Gasteiger partial charge in [-0.05, 0) is 32.0 Å². The SMILES string of the molecule is CC1CN(c2nc(-c3ccc(Cl)cc3)c(S(C)(=O)=O)cc2C#N)CC(C)O1. The number of rotatable bonds is 3. The van der Waals surface area contributed by atoms with Crippen molar-refractivity contribution in [3.05, 3.63) is 40.9 Å². The zero-order valence-electron chi connectivity index (χ0n) is 15.3. The van der Waals surface area contributed by atoms with Gasteiger partial charge in [-0.2, -0.15) is 5.26 Å². The standard InChI is InChI=1S/C19H20ClN3O3S/c1-12-10-23(11-13(2)26-12)19-15(9-21)8-17(27(3,24)25)18(22-19)14-4-6-16(20)7-5-14/h4-8,12-13H,10-11H2,1-3H3. The van der Waals surface area contributed by atoms with Crippen molar-refractivity contribution >= 4 is 27.3 Å². The van der Waals surface area contributed by atoms with Crippen molar-refractivity contribution in [1.82, 2.24) is 4.98 Å². The summed E-state index contributed by atoms with van der Waals surface area (Å²) in [6.45, 7) is 5.06. The van der Waals surface area contributed by atoms with Crippen LogP contribution in [0.1, 0.15) is 19.4 Å². The number of sulfone groups is 1. The third-order valence-electron chi connectivity index (χ3n) is 4.32. The number of nitrogens with zero attached hydrogens (tertiary/aromatic N) is 3. The van der Waals surface area contributed by atoms with Gasteiger partial charge in [0, 0.05) is 29.9 Å². The molecule has 1 aliphatic heterocycles. The Kier molecular flexibility index (Phi) is 5.43. The number of aromatic nitrogens is 1. The Hall–Kier alpha value is -2.14. The number of halogens is 1. The maximum Gasteiger partial charge on any atom is 0.177 e. The minimum Gasteiger partial charge on any atom is -0.372 e. The minimum atomic E-state index is -3.58. The molecular weight excluding hydrogens is 386 g/mol. The van der Waals surface area contributed by atoms with Gasteiger partial charge in [-0.3, -0.25) is 0 Å². The van der Waals surface area contributed by atoms with E-state index in [1.165, 1.54) is 6.07 Å². The highest BCUT2D eigenvalue weighted by molar-refractivity contribution is 7.90. The van der Waals surface area contributed by atoms with E-state index in [4.69, 9.17) is 16.3 Å². The van der Waals surface area contributed by atoms with Gasteiger partial charge in [-0.15, -0.1) is 0 Å². The summed E-state index contributed by atoms with van der Waals surface area (Å²) in [5.41, 5.74) is 1.17. The Morgan fingerprint density at radius 1 is 1.22 bits per heavy atom. The van der Waals surface area contributed by atoms with Crippen molar-refractivity contribution in [1.29, 1.82) is 5.26 Å². The van der Waals surface area contributed by atoms with Gasteiger partial charge in [0.25, 0.3) is 0 Å². The number of hydrogen-bond donors (Lipinski definition) is 0. The molecule has 2 aromatic rings. The molecule has 2 atom stereocenters. The number of ether oxygens (including phenoxy) is 1. The van der Waals surface area contributed by atoms with Crippen LogP contribution in [0.25, 0.3) is 11.3 Å². The van der Waals surface area contributed by atoms with Gasteiger partial charge < -0.3 is 9.64 Å². The summed E-state index contributed by atoms with van der Waals surface area (Å²) in [7, 11) is -3.58. The molecule has 6 nitrogen and oxygen atoms in total. The number of pyridine rings is 1. The Morgan fingerprint density at radius 2 is 1.81 bits per heavy atom. The largest absolute Gasteiger partial charge is 0.372 e. The fourth-order valence-electron chi connectivity index (χ4n) is 3.26. The molecule has 1 saturated heterocycles. The van der Waals surface area contributed by atoms with E-state index in [-0.39, 0.29) is 22.7 Å². The van der Waals surface area contributed by atoms with Crippen molar-refractivity contribution < 1.29 is 13.2 Å². The van der Waals surface area contributed by atoms with Gasteiger partial charge >= 0.3 is 0 Å². The normalized spacial score (nSPS) is 20.3. The molecule has 0 N–H and O–H groups in total. The van der Waals surface area contributed by atoms with E-state index in [0.29, 0.717) is 35.2 Å². The highest BCUT2D eigenvalue weighted by Gasteiger charge is 2.28. The van der Waals surface area contributed by atoms with Crippen LogP contribution in [-0.4, -0.2) is 45.0 Å². The molecule has 8 heteroatoms. The topological polar surface area (TPSA) is 83.3 Å². The predicted octanol–water partition coefficient (Wildman–Crippen LogP) is 3.29. The predicted molar refractivity (Wildman–Crippen MR) is 105 cm³/mol. The molecule has 0 saturated carbocycles. The first-order chi connectivity index (χ1) is 12.7. The third-order valence-corrected chi connectivity index (χ3v) is 5.69. The maximum absolute atomic E-state index is 12.3.